The number of nitrogens with zero attached hydrogens (tertiary/aromatic N) is 1. The summed E-state index contributed by atoms with van der Waals surface area (Å²) in [6.07, 6.45) is 8.46. The molecule has 1 aromatic carbocycles. The Bertz CT molecular complexity index is 852. The zero-order valence-electron chi connectivity index (χ0n) is 23.6. The van der Waals surface area contributed by atoms with Crippen molar-refractivity contribution in [3.63, 3.8) is 0 Å². The maximum atomic E-state index is 9.45. The minimum Gasteiger partial charge on any atom is -0.361 e. The highest BCUT2D eigenvalue weighted by Crippen LogP contribution is 2.19. The van der Waals surface area contributed by atoms with E-state index in [4.69, 9.17) is 5.21 Å². The number of carbonyl (C=O) groups is 1. The number of aromatic nitrogens is 1. The van der Waals surface area contributed by atoms with Gasteiger partial charge in [0.2, 0.25) is 5.91 Å². The number of hydrogen-bond acceptors (Lipinski definition) is 3. The third-order valence-corrected chi connectivity index (χ3v) is 4.72. The van der Waals surface area contributed by atoms with Crippen molar-refractivity contribution in [1.29, 1.82) is 0 Å². The molecule has 1 atom stereocenters. The molecule has 0 aliphatic carbocycles. The first-order valence-electron chi connectivity index (χ1n) is 12.5. The monoisotopic (exact) mass is 485 g/mol. The molecule has 0 radical (unpaired) electrons. The number of H-pyrrole nitrogens is 1. The summed E-state index contributed by atoms with van der Waals surface area (Å²) in [5, 5.41) is 8.88. The number of fused-ring (bicyclic) bond motifs is 1. The van der Waals surface area contributed by atoms with Crippen molar-refractivity contribution in [1.82, 2.24) is 15.4 Å². The standard InChI is InChI=1S/C22H30N2.C2H5NO2.2C2H6.C2H4/c1-6-19(5)24(16-18(4)12-11-17(2)3)14-13-20-15-23-22-10-8-7-9-21(20)22;1-2(4)3-5;3*1-2/h7-12,15,19,23H,2,4,6,13-14,16H2,1,3,5H3;5H,1H3,(H,3,4);2*1-2H3;1-2H2/b12-11-;;;;. The van der Waals surface area contributed by atoms with Crippen molar-refractivity contribution < 1.29 is 10.0 Å². The van der Waals surface area contributed by atoms with E-state index in [1.54, 1.807) is 0 Å². The Balaban J connectivity index is -0.000000799. The van der Waals surface area contributed by atoms with Crippen molar-refractivity contribution in [2.45, 2.75) is 74.3 Å². The van der Waals surface area contributed by atoms with Gasteiger partial charge < -0.3 is 4.98 Å². The van der Waals surface area contributed by atoms with Gasteiger partial charge in [-0.05, 0) is 43.9 Å². The van der Waals surface area contributed by atoms with Crippen LogP contribution in [0.2, 0.25) is 0 Å². The Morgan fingerprint density at radius 1 is 1.11 bits per heavy atom. The normalized spacial score (nSPS) is 10.3. The number of amides is 1. The molecule has 3 N–H and O–H groups in total. The number of allylic oxidation sites excluding steroid dienone is 2. The molecule has 0 aliphatic rings. The van der Waals surface area contributed by atoms with Crippen LogP contribution in [0, 0.1) is 0 Å². The Morgan fingerprint density at radius 2 is 1.66 bits per heavy atom. The molecule has 0 aliphatic heterocycles. The smallest absolute Gasteiger partial charge is 0.240 e. The van der Waals surface area contributed by atoms with Crippen LogP contribution in [0.4, 0.5) is 0 Å². The fraction of sp³-hybridized carbons (Fsp3) is 0.433. The SMILES string of the molecule is C=C.C=C(C)/C=C\C(=C)CN(CCc1c[nH]c2ccccc12)C(C)CC.CC.CC.CC(=O)NO. The molecule has 1 heterocycles. The molecule has 1 amide bonds. The van der Waals surface area contributed by atoms with Crippen molar-refractivity contribution in [3.8, 4) is 0 Å². The lowest BCUT2D eigenvalue weighted by Crippen LogP contribution is -2.35. The van der Waals surface area contributed by atoms with E-state index in [1.165, 1.54) is 28.9 Å². The van der Waals surface area contributed by atoms with Crippen LogP contribution >= 0.6 is 0 Å². The molecule has 35 heavy (non-hydrogen) atoms. The van der Waals surface area contributed by atoms with Crippen LogP contribution in [-0.2, 0) is 11.2 Å². The van der Waals surface area contributed by atoms with Gasteiger partial charge in [0.15, 0.2) is 0 Å². The van der Waals surface area contributed by atoms with Crippen LogP contribution in [-0.4, -0.2) is 40.1 Å². The highest BCUT2D eigenvalue weighted by molar-refractivity contribution is 5.83. The van der Waals surface area contributed by atoms with E-state index in [0.717, 1.165) is 37.1 Å². The van der Waals surface area contributed by atoms with E-state index in [0.29, 0.717) is 6.04 Å². The molecule has 0 saturated heterocycles. The summed E-state index contributed by atoms with van der Waals surface area (Å²) in [6.45, 7) is 31.8. The summed E-state index contributed by atoms with van der Waals surface area (Å²) in [5.41, 5.74) is 6.20. The molecule has 2 aromatic rings. The van der Waals surface area contributed by atoms with Crippen LogP contribution in [0.15, 0.2) is 80.1 Å². The van der Waals surface area contributed by atoms with E-state index < -0.39 is 5.91 Å². The molecule has 0 bridgehead atoms. The molecule has 5 heteroatoms. The Labute approximate surface area is 215 Å². The third-order valence-electron chi connectivity index (χ3n) is 4.72. The number of benzene rings is 1. The Morgan fingerprint density at radius 3 is 2.14 bits per heavy atom. The Hall–Kier alpha value is -2.89. The van der Waals surface area contributed by atoms with Crippen LogP contribution in [0.3, 0.4) is 0 Å². The number of nitrogens with one attached hydrogen (secondary N) is 2. The molecular formula is C30H51N3O2. The van der Waals surface area contributed by atoms with Crippen LogP contribution < -0.4 is 5.48 Å². The van der Waals surface area contributed by atoms with Gasteiger partial charge in [-0.25, -0.2) is 5.48 Å². The maximum Gasteiger partial charge on any atom is 0.240 e. The molecule has 1 aromatic heterocycles. The van der Waals surface area contributed by atoms with E-state index in [2.05, 4.69) is 86.6 Å². The average molecular weight is 486 g/mol. The van der Waals surface area contributed by atoms with Gasteiger partial charge in [0.25, 0.3) is 0 Å². The van der Waals surface area contributed by atoms with Gasteiger partial charge in [0.05, 0.1) is 0 Å². The van der Waals surface area contributed by atoms with Crippen molar-refractivity contribution in [2.24, 2.45) is 0 Å². The largest absolute Gasteiger partial charge is 0.361 e. The maximum absolute atomic E-state index is 9.45. The topological polar surface area (TPSA) is 68.4 Å². The number of para-hydroxylation sites is 1. The van der Waals surface area contributed by atoms with Gasteiger partial charge in [-0.1, -0.05) is 83.7 Å². The van der Waals surface area contributed by atoms with Gasteiger partial charge >= 0.3 is 0 Å². The summed E-state index contributed by atoms with van der Waals surface area (Å²) in [5.74, 6) is -0.440. The van der Waals surface area contributed by atoms with E-state index in [9.17, 15) is 4.79 Å². The summed E-state index contributed by atoms with van der Waals surface area (Å²) < 4.78 is 0. The molecule has 2 rings (SSSR count). The number of hydrogen-bond donors (Lipinski definition) is 3. The van der Waals surface area contributed by atoms with Crippen LogP contribution in [0.5, 0.6) is 0 Å². The molecule has 5 nitrogen and oxygen atoms in total. The van der Waals surface area contributed by atoms with E-state index >= 15 is 0 Å². The molecule has 198 valence electrons. The second-order valence-corrected chi connectivity index (χ2v) is 7.34. The summed E-state index contributed by atoms with van der Waals surface area (Å²) in [6, 6.07) is 9.06. The van der Waals surface area contributed by atoms with Gasteiger partial charge in [-0.15, -0.1) is 13.2 Å². The first-order chi connectivity index (χ1) is 16.8. The lowest BCUT2D eigenvalue weighted by molar-refractivity contribution is -0.126. The fourth-order valence-corrected chi connectivity index (χ4v) is 2.89. The Kier molecular flexibility index (Phi) is 25.4. The second-order valence-electron chi connectivity index (χ2n) is 7.34. The zero-order chi connectivity index (χ0) is 27.8. The van der Waals surface area contributed by atoms with Crippen molar-refractivity contribution in [2.75, 3.05) is 13.1 Å². The molecule has 0 saturated carbocycles. The van der Waals surface area contributed by atoms with E-state index in [-0.39, 0.29) is 0 Å². The number of rotatable bonds is 9. The van der Waals surface area contributed by atoms with Gasteiger partial charge in [-0.3, -0.25) is 14.9 Å². The van der Waals surface area contributed by atoms with Crippen LogP contribution in [0.1, 0.15) is 67.4 Å². The number of aromatic amines is 1. The van der Waals surface area contributed by atoms with Gasteiger partial charge in [0, 0.05) is 43.2 Å². The highest BCUT2D eigenvalue weighted by atomic mass is 16.5. The average Bonchev–Trinajstić information content (AvgIpc) is 3.31. The number of carbonyl (C=O) groups excluding carboxylic acids is 1. The summed E-state index contributed by atoms with van der Waals surface area (Å²) in [4.78, 5) is 15.3. The lowest BCUT2D eigenvalue weighted by atomic mass is 10.1. The lowest BCUT2D eigenvalue weighted by Gasteiger charge is -2.28. The summed E-state index contributed by atoms with van der Waals surface area (Å²) >= 11 is 0. The minimum atomic E-state index is -0.440. The third kappa shape index (κ3) is 17.2. The van der Waals surface area contributed by atoms with E-state index in [1.807, 2.05) is 40.7 Å². The fourth-order valence-electron chi connectivity index (χ4n) is 2.89. The molecule has 0 fully saturated rings. The van der Waals surface area contributed by atoms with Crippen molar-refractivity contribution >= 4 is 16.8 Å². The van der Waals surface area contributed by atoms with Gasteiger partial charge in [-0.2, -0.15) is 0 Å². The highest BCUT2D eigenvalue weighted by Gasteiger charge is 2.13. The zero-order valence-corrected chi connectivity index (χ0v) is 23.6. The predicted octanol–water partition coefficient (Wildman–Crippen LogP) is 7.87. The molecular weight excluding hydrogens is 434 g/mol. The van der Waals surface area contributed by atoms with Gasteiger partial charge in [0.1, 0.15) is 0 Å². The quantitative estimate of drug-likeness (QED) is 0.146. The first-order valence-corrected chi connectivity index (χ1v) is 12.5. The van der Waals surface area contributed by atoms with Crippen molar-refractivity contribution in [3.05, 3.63) is 85.6 Å². The minimum absolute atomic E-state index is 0.440. The molecule has 1 unspecified atom stereocenters. The predicted molar refractivity (Wildman–Crippen MR) is 156 cm³/mol. The number of hydroxylamine groups is 1. The first kappa shape index (κ1) is 36.7. The van der Waals surface area contributed by atoms with Crippen LogP contribution in [0.25, 0.3) is 10.9 Å². The molecule has 0 spiro atoms. The summed E-state index contributed by atoms with van der Waals surface area (Å²) in [7, 11) is 0. The second kappa shape index (κ2) is 24.2.